The number of halogens is 1. The number of pyridine rings is 1. The Kier molecular flexibility index (Phi) is 4.61. The van der Waals surface area contributed by atoms with Crippen molar-refractivity contribution in [2.45, 2.75) is 11.6 Å². The molecule has 2 rings (SSSR count). The molecule has 7 nitrogen and oxygen atoms in total. The first kappa shape index (κ1) is 15.5. The SMILES string of the molecule is CNS(=O)(=O)c1cc(C(=O)NCc2cc(Cl)ccn2)co1. The Labute approximate surface area is 126 Å². The lowest BCUT2D eigenvalue weighted by Crippen LogP contribution is -2.23. The highest BCUT2D eigenvalue weighted by atomic mass is 35.5. The summed E-state index contributed by atoms with van der Waals surface area (Å²) in [6, 6.07) is 4.39. The van der Waals surface area contributed by atoms with Gasteiger partial charge in [-0.15, -0.1) is 0 Å². The molecule has 21 heavy (non-hydrogen) atoms. The molecule has 2 aromatic rings. The topological polar surface area (TPSA) is 101 Å². The lowest BCUT2D eigenvalue weighted by Gasteiger charge is -2.03. The van der Waals surface area contributed by atoms with Gasteiger partial charge < -0.3 is 9.73 Å². The van der Waals surface area contributed by atoms with Gasteiger partial charge in [-0.1, -0.05) is 11.6 Å². The molecule has 0 radical (unpaired) electrons. The predicted octanol–water partition coefficient (Wildman–Crippen LogP) is 1.17. The van der Waals surface area contributed by atoms with Gasteiger partial charge in [0, 0.05) is 17.3 Å². The first-order chi connectivity index (χ1) is 9.92. The molecule has 0 aliphatic heterocycles. The Bertz CT molecular complexity index is 757. The van der Waals surface area contributed by atoms with Gasteiger partial charge >= 0.3 is 0 Å². The summed E-state index contributed by atoms with van der Waals surface area (Å²) < 4.78 is 29.9. The van der Waals surface area contributed by atoms with E-state index in [1.54, 1.807) is 12.1 Å². The van der Waals surface area contributed by atoms with E-state index in [1.807, 2.05) is 0 Å². The number of rotatable bonds is 5. The van der Waals surface area contributed by atoms with E-state index >= 15 is 0 Å². The molecular formula is C12H12ClN3O4S. The zero-order valence-electron chi connectivity index (χ0n) is 11.0. The van der Waals surface area contributed by atoms with Crippen LogP contribution < -0.4 is 10.0 Å². The van der Waals surface area contributed by atoms with Crippen LogP contribution in [0, 0.1) is 0 Å². The number of nitrogens with zero attached hydrogens (tertiary/aromatic N) is 1. The number of sulfonamides is 1. The van der Waals surface area contributed by atoms with Gasteiger partial charge in [0.1, 0.15) is 6.26 Å². The second-order valence-corrected chi connectivity index (χ2v) is 6.26. The molecule has 0 aromatic carbocycles. The van der Waals surface area contributed by atoms with Crippen molar-refractivity contribution in [1.82, 2.24) is 15.0 Å². The third-order valence-corrected chi connectivity index (χ3v) is 4.10. The van der Waals surface area contributed by atoms with Crippen molar-refractivity contribution >= 4 is 27.5 Å². The monoisotopic (exact) mass is 329 g/mol. The number of carbonyl (C=O) groups excluding carboxylic acids is 1. The lowest BCUT2D eigenvalue weighted by atomic mass is 10.3. The van der Waals surface area contributed by atoms with E-state index < -0.39 is 15.9 Å². The Morgan fingerprint density at radius 2 is 2.19 bits per heavy atom. The number of carbonyl (C=O) groups is 1. The largest absolute Gasteiger partial charge is 0.451 e. The van der Waals surface area contributed by atoms with Crippen molar-refractivity contribution < 1.29 is 17.6 Å². The van der Waals surface area contributed by atoms with Crippen molar-refractivity contribution in [3.8, 4) is 0 Å². The van der Waals surface area contributed by atoms with Gasteiger partial charge in [0.05, 0.1) is 17.8 Å². The van der Waals surface area contributed by atoms with E-state index in [2.05, 4.69) is 15.0 Å². The molecule has 0 unspecified atom stereocenters. The molecule has 9 heteroatoms. The van der Waals surface area contributed by atoms with E-state index in [0.29, 0.717) is 10.7 Å². The summed E-state index contributed by atoms with van der Waals surface area (Å²) in [5.41, 5.74) is 0.688. The molecule has 2 heterocycles. The molecule has 0 bridgehead atoms. The van der Waals surface area contributed by atoms with E-state index in [1.165, 1.54) is 13.2 Å². The smallest absolute Gasteiger partial charge is 0.273 e. The first-order valence-corrected chi connectivity index (χ1v) is 7.69. The van der Waals surface area contributed by atoms with E-state index in [-0.39, 0.29) is 17.2 Å². The van der Waals surface area contributed by atoms with Crippen LogP contribution in [0.1, 0.15) is 16.1 Å². The van der Waals surface area contributed by atoms with Gasteiger partial charge in [-0.2, -0.15) is 0 Å². The molecule has 0 saturated carbocycles. The predicted molar refractivity (Wildman–Crippen MR) is 75.4 cm³/mol. The number of hydrogen-bond donors (Lipinski definition) is 2. The highest BCUT2D eigenvalue weighted by Crippen LogP contribution is 2.13. The summed E-state index contributed by atoms with van der Waals surface area (Å²) in [7, 11) is -2.46. The van der Waals surface area contributed by atoms with Gasteiger partial charge in [0.15, 0.2) is 0 Å². The van der Waals surface area contributed by atoms with E-state index in [4.69, 9.17) is 16.0 Å². The highest BCUT2D eigenvalue weighted by molar-refractivity contribution is 7.89. The average molecular weight is 330 g/mol. The number of aromatic nitrogens is 1. The van der Waals surface area contributed by atoms with Crippen molar-refractivity contribution in [3.63, 3.8) is 0 Å². The summed E-state index contributed by atoms with van der Waals surface area (Å²) >= 11 is 5.81. The second kappa shape index (κ2) is 6.25. The number of hydrogen-bond acceptors (Lipinski definition) is 5. The maximum Gasteiger partial charge on any atom is 0.273 e. The third-order valence-electron chi connectivity index (χ3n) is 2.58. The van der Waals surface area contributed by atoms with Gasteiger partial charge in [0.25, 0.3) is 15.9 Å². The summed E-state index contributed by atoms with van der Waals surface area (Å²) in [6.07, 6.45) is 2.60. The maximum atomic E-state index is 11.9. The number of amides is 1. The van der Waals surface area contributed by atoms with Gasteiger partial charge in [-0.05, 0) is 19.2 Å². The third kappa shape index (κ3) is 3.81. The lowest BCUT2D eigenvalue weighted by molar-refractivity contribution is 0.0950. The minimum atomic E-state index is -3.71. The Hall–Kier alpha value is -1.90. The molecule has 0 aliphatic carbocycles. The van der Waals surface area contributed by atoms with Crippen LogP contribution in [0.2, 0.25) is 5.02 Å². The van der Waals surface area contributed by atoms with Crippen LogP contribution in [0.5, 0.6) is 0 Å². The quantitative estimate of drug-likeness (QED) is 0.857. The summed E-state index contributed by atoms with van der Waals surface area (Å²) in [6.45, 7) is 0.165. The standard InChI is InChI=1S/C12H12ClN3O4S/c1-14-21(18,19)11-4-8(7-20-11)12(17)16-6-10-5-9(13)2-3-15-10/h2-5,7,14H,6H2,1H3,(H,16,17). The Balaban J connectivity index is 2.04. The summed E-state index contributed by atoms with van der Waals surface area (Å²) in [5, 5.41) is 2.78. The number of nitrogens with one attached hydrogen (secondary N) is 2. The molecule has 112 valence electrons. The molecule has 1 amide bonds. The summed E-state index contributed by atoms with van der Waals surface area (Å²) in [5.74, 6) is -0.474. The van der Waals surface area contributed by atoms with Crippen LogP contribution in [0.4, 0.5) is 0 Å². The Morgan fingerprint density at radius 3 is 2.86 bits per heavy atom. The van der Waals surface area contributed by atoms with Crippen LogP contribution >= 0.6 is 11.6 Å². The first-order valence-electron chi connectivity index (χ1n) is 5.83. The molecule has 0 spiro atoms. The van der Waals surface area contributed by atoms with Crippen molar-refractivity contribution in [3.05, 3.63) is 46.9 Å². The zero-order chi connectivity index (χ0) is 15.5. The molecule has 0 aliphatic rings. The van der Waals surface area contributed by atoms with Crippen molar-refractivity contribution in [1.29, 1.82) is 0 Å². The van der Waals surface area contributed by atoms with E-state index in [9.17, 15) is 13.2 Å². The molecule has 2 aromatic heterocycles. The Morgan fingerprint density at radius 1 is 1.43 bits per heavy atom. The normalized spacial score (nSPS) is 11.3. The van der Waals surface area contributed by atoms with Gasteiger partial charge in [-0.3, -0.25) is 9.78 Å². The van der Waals surface area contributed by atoms with Gasteiger partial charge in [-0.25, -0.2) is 13.1 Å². The van der Waals surface area contributed by atoms with Crippen molar-refractivity contribution in [2.24, 2.45) is 0 Å². The van der Waals surface area contributed by atoms with E-state index in [0.717, 1.165) is 12.3 Å². The maximum absolute atomic E-state index is 11.9. The minimum absolute atomic E-state index is 0.103. The molecule has 0 saturated heterocycles. The summed E-state index contributed by atoms with van der Waals surface area (Å²) in [4.78, 5) is 15.9. The van der Waals surface area contributed by atoms with Crippen LogP contribution in [0.3, 0.4) is 0 Å². The van der Waals surface area contributed by atoms with Gasteiger partial charge in [0.2, 0.25) is 5.09 Å². The zero-order valence-corrected chi connectivity index (χ0v) is 12.5. The fourth-order valence-corrected chi connectivity index (χ4v) is 2.34. The molecule has 0 fully saturated rings. The molecular weight excluding hydrogens is 318 g/mol. The average Bonchev–Trinajstić information content (AvgIpc) is 2.95. The fraction of sp³-hybridized carbons (Fsp3) is 0.167. The van der Waals surface area contributed by atoms with Crippen molar-refractivity contribution in [2.75, 3.05) is 7.05 Å². The molecule has 0 atom stereocenters. The van der Waals surface area contributed by atoms with Crippen LogP contribution in [0.15, 0.2) is 40.2 Å². The fourth-order valence-electron chi connectivity index (χ4n) is 1.50. The number of furan rings is 1. The highest BCUT2D eigenvalue weighted by Gasteiger charge is 2.19. The van der Waals surface area contributed by atoms with Crippen LogP contribution in [0.25, 0.3) is 0 Å². The second-order valence-electron chi connectivity index (χ2n) is 4.01. The van der Waals surface area contributed by atoms with Crippen LogP contribution in [-0.4, -0.2) is 26.4 Å². The minimum Gasteiger partial charge on any atom is -0.451 e. The molecule has 2 N–H and O–H groups in total. The van der Waals surface area contributed by atoms with Crippen LogP contribution in [-0.2, 0) is 16.6 Å².